The second-order valence-corrected chi connectivity index (χ2v) is 14.2. The van der Waals surface area contributed by atoms with Crippen LogP contribution in [0.3, 0.4) is 0 Å². The number of carboxylic acids is 2. The van der Waals surface area contributed by atoms with Crippen LogP contribution in [0.5, 0.6) is 11.5 Å². The molecule has 6 rings (SSSR count). The van der Waals surface area contributed by atoms with Gasteiger partial charge in [-0.15, -0.1) is 10.2 Å². The molecule has 272 valence electrons. The lowest BCUT2D eigenvalue weighted by Gasteiger charge is -2.08. The number of carboxylic acid groups (broad SMARTS) is 2. The zero-order valence-electron chi connectivity index (χ0n) is 27.1. The van der Waals surface area contributed by atoms with E-state index in [1.54, 1.807) is 48.5 Å². The molecule has 6 aromatic carbocycles. The Morgan fingerprint density at radius 2 is 0.889 bits per heavy atom. The molecule has 6 aromatic rings. The van der Waals surface area contributed by atoms with E-state index in [2.05, 4.69) is 20.5 Å². The van der Waals surface area contributed by atoms with Crippen LogP contribution in [0.4, 0.5) is 22.7 Å². The van der Waals surface area contributed by atoms with Crippen LogP contribution in [-0.4, -0.2) is 58.3 Å². The summed E-state index contributed by atoms with van der Waals surface area (Å²) >= 11 is 0. The summed E-state index contributed by atoms with van der Waals surface area (Å²) in [6.45, 7) is 0. The first-order valence-corrected chi connectivity index (χ1v) is 18.1. The number of aromatic carboxylic acids is 2. The molecule has 0 saturated heterocycles. The number of rotatable bonds is 10. The predicted molar refractivity (Wildman–Crippen MR) is 195 cm³/mol. The smallest absolute Gasteiger partial charge is 0.339 e. The van der Waals surface area contributed by atoms with E-state index in [0.717, 1.165) is 24.3 Å². The molecular formula is C36H24N4O12S2. The average Bonchev–Trinajstić information content (AvgIpc) is 3.12. The zero-order valence-corrected chi connectivity index (χ0v) is 28.8. The van der Waals surface area contributed by atoms with Crippen molar-refractivity contribution < 1.29 is 56.0 Å². The summed E-state index contributed by atoms with van der Waals surface area (Å²) in [5, 5.41) is 57.7. The van der Waals surface area contributed by atoms with Crippen LogP contribution in [0.1, 0.15) is 31.8 Å². The summed E-state index contributed by atoms with van der Waals surface area (Å²) in [6, 6.07) is 22.2. The fourth-order valence-corrected chi connectivity index (χ4v) is 6.86. The van der Waals surface area contributed by atoms with E-state index in [-0.39, 0.29) is 33.9 Å². The van der Waals surface area contributed by atoms with Gasteiger partial charge in [-0.3, -0.25) is 9.11 Å². The number of azo groups is 2. The number of phenols is 2. The van der Waals surface area contributed by atoms with Gasteiger partial charge in [0.15, 0.2) is 11.5 Å². The normalized spacial score (nSPS) is 12.4. The molecule has 0 spiro atoms. The largest absolute Gasteiger partial charge is 0.505 e. The third-order valence-electron chi connectivity index (χ3n) is 7.97. The highest BCUT2D eigenvalue weighted by atomic mass is 32.2. The van der Waals surface area contributed by atoms with Gasteiger partial charge in [-0.1, -0.05) is 72.8 Å². The summed E-state index contributed by atoms with van der Waals surface area (Å²) in [4.78, 5) is 22.0. The van der Waals surface area contributed by atoms with Crippen LogP contribution in [-0.2, 0) is 20.2 Å². The van der Waals surface area contributed by atoms with Gasteiger partial charge in [0.1, 0.15) is 32.3 Å². The molecule has 0 aromatic heterocycles. The topological polar surface area (TPSA) is 273 Å². The molecule has 0 bridgehead atoms. The van der Waals surface area contributed by atoms with E-state index in [4.69, 9.17) is 0 Å². The summed E-state index contributed by atoms with van der Waals surface area (Å²) in [6.07, 6.45) is 2.26. The Labute approximate surface area is 304 Å². The Balaban J connectivity index is 1.36. The molecule has 16 nitrogen and oxygen atoms in total. The molecular weight excluding hydrogens is 745 g/mol. The summed E-state index contributed by atoms with van der Waals surface area (Å²) in [5.41, 5.74) is -1.87. The minimum absolute atomic E-state index is 0.134. The van der Waals surface area contributed by atoms with Crippen LogP contribution in [0.25, 0.3) is 33.7 Å². The monoisotopic (exact) mass is 768 g/mol. The SMILES string of the molecule is O=C(O)c1cc2ccccc2c(N=Nc2ccc(/C=C/c3ccc(N=Nc4c(O)c(C(=O)O)cc5ccccc45)cc3S(=O)(=O)O)c(S(=O)(=O)O)c2)c1O. The van der Waals surface area contributed by atoms with Crippen molar-refractivity contribution in [3.63, 3.8) is 0 Å². The lowest BCUT2D eigenvalue weighted by molar-refractivity contribution is 0.0682. The van der Waals surface area contributed by atoms with E-state index in [0.29, 0.717) is 21.5 Å². The maximum absolute atomic E-state index is 12.4. The first-order chi connectivity index (χ1) is 25.5. The van der Waals surface area contributed by atoms with E-state index in [9.17, 15) is 56.0 Å². The molecule has 6 N–H and O–H groups in total. The molecule has 0 aliphatic rings. The fraction of sp³-hybridized carbons (Fsp3) is 0. The Hall–Kier alpha value is -6.86. The quantitative estimate of drug-likeness (QED) is 0.0436. The number of benzene rings is 6. The molecule has 0 saturated carbocycles. The standard InChI is InChI=1S/C36H24N4O12S2/c41-33-27(35(43)44)15-21-5-1-3-7-25(21)31(33)39-37-23-13-11-19(29(17-23)53(47,48)49)9-10-20-12-14-24(18-30(20)54(50,51)52)38-40-32-26-8-4-2-6-22(26)16-28(34(32)42)36(45)46/h1-18,41-42H,(H,43,44)(H,45,46)(H,47,48,49)(H,50,51,52)/b10-9+,39-37?,40-38?. The second-order valence-electron chi connectivity index (χ2n) is 11.4. The van der Waals surface area contributed by atoms with E-state index < -0.39 is 64.6 Å². The van der Waals surface area contributed by atoms with Gasteiger partial charge >= 0.3 is 11.9 Å². The molecule has 18 heteroatoms. The first kappa shape index (κ1) is 36.9. The molecule has 0 unspecified atom stereocenters. The van der Waals surface area contributed by atoms with Crippen molar-refractivity contribution in [1.29, 1.82) is 0 Å². The van der Waals surface area contributed by atoms with Crippen LogP contribution in [0, 0.1) is 0 Å². The van der Waals surface area contributed by atoms with Gasteiger partial charge in [-0.25, -0.2) is 9.59 Å². The maximum atomic E-state index is 12.4. The first-order valence-electron chi connectivity index (χ1n) is 15.2. The van der Waals surface area contributed by atoms with Crippen molar-refractivity contribution >= 4 is 88.6 Å². The molecule has 0 amide bonds. The third-order valence-corrected chi connectivity index (χ3v) is 9.79. The van der Waals surface area contributed by atoms with Gasteiger partial charge in [-0.05, 0) is 58.3 Å². The fourth-order valence-electron chi connectivity index (χ4n) is 5.45. The van der Waals surface area contributed by atoms with E-state index in [1.165, 1.54) is 36.4 Å². The molecule has 0 atom stereocenters. The van der Waals surface area contributed by atoms with Gasteiger partial charge < -0.3 is 20.4 Å². The van der Waals surface area contributed by atoms with Crippen molar-refractivity contribution in [2.45, 2.75) is 9.79 Å². The van der Waals surface area contributed by atoms with Gasteiger partial charge in [0.2, 0.25) is 0 Å². The van der Waals surface area contributed by atoms with Crippen molar-refractivity contribution in [2.24, 2.45) is 20.5 Å². The molecule has 0 radical (unpaired) electrons. The molecule has 0 heterocycles. The minimum atomic E-state index is -4.94. The van der Waals surface area contributed by atoms with E-state index in [1.807, 2.05) is 0 Å². The Kier molecular flexibility index (Phi) is 9.76. The lowest BCUT2D eigenvalue weighted by Crippen LogP contribution is -2.01. The van der Waals surface area contributed by atoms with Gasteiger partial charge in [0.05, 0.1) is 11.4 Å². The molecule has 0 fully saturated rings. The number of fused-ring (bicyclic) bond motifs is 2. The summed E-state index contributed by atoms with van der Waals surface area (Å²) in [7, 11) is -9.89. The summed E-state index contributed by atoms with van der Waals surface area (Å²) < 4.78 is 69.6. The lowest BCUT2D eigenvalue weighted by atomic mass is 10.0. The number of carbonyl (C=O) groups is 2. The molecule has 0 aliphatic heterocycles. The van der Waals surface area contributed by atoms with Crippen LogP contribution < -0.4 is 0 Å². The highest BCUT2D eigenvalue weighted by molar-refractivity contribution is 7.86. The van der Waals surface area contributed by atoms with Crippen molar-refractivity contribution in [3.05, 3.63) is 119 Å². The predicted octanol–water partition coefficient (Wildman–Crippen LogP) is 8.30. The van der Waals surface area contributed by atoms with Gasteiger partial charge in [-0.2, -0.15) is 27.1 Å². The summed E-state index contributed by atoms with van der Waals surface area (Å²) in [5.74, 6) is -4.21. The highest BCUT2D eigenvalue weighted by Gasteiger charge is 2.21. The van der Waals surface area contributed by atoms with Gasteiger partial charge in [0, 0.05) is 10.8 Å². The Morgan fingerprint density at radius 1 is 0.519 bits per heavy atom. The van der Waals surface area contributed by atoms with Crippen molar-refractivity contribution in [3.8, 4) is 11.5 Å². The number of hydrogen-bond acceptors (Lipinski definition) is 12. The number of aromatic hydroxyl groups is 2. The van der Waals surface area contributed by atoms with Crippen molar-refractivity contribution in [1.82, 2.24) is 0 Å². The zero-order chi connectivity index (χ0) is 38.9. The molecule has 0 aliphatic carbocycles. The Bertz CT molecular complexity index is 2680. The van der Waals surface area contributed by atoms with Crippen LogP contribution >= 0.6 is 0 Å². The number of hydrogen-bond donors (Lipinski definition) is 6. The van der Waals surface area contributed by atoms with Gasteiger partial charge in [0.25, 0.3) is 20.2 Å². The van der Waals surface area contributed by atoms with Crippen LogP contribution in [0.15, 0.2) is 127 Å². The third kappa shape index (κ3) is 7.52. The maximum Gasteiger partial charge on any atom is 0.339 e. The molecule has 54 heavy (non-hydrogen) atoms. The van der Waals surface area contributed by atoms with E-state index >= 15 is 0 Å². The minimum Gasteiger partial charge on any atom is -0.505 e. The number of nitrogens with zero attached hydrogens (tertiary/aromatic N) is 4. The Morgan fingerprint density at radius 3 is 1.24 bits per heavy atom. The highest BCUT2D eigenvalue weighted by Crippen LogP contribution is 2.41. The second kappa shape index (κ2) is 14.3. The van der Waals surface area contributed by atoms with Crippen LogP contribution in [0.2, 0.25) is 0 Å². The average molecular weight is 769 g/mol. The van der Waals surface area contributed by atoms with Crippen molar-refractivity contribution in [2.75, 3.05) is 0 Å².